The summed E-state index contributed by atoms with van der Waals surface area (Å²) in [5.41, 5.74) is 2.42. The van der Waals surface area contributed by atoms with Gasteiger partial charge in [0, 0.05) is 30.5 Å². The van der Waals surface area contributed by atoms with Gasteiger partial charge in [0.15, 0.2) is 0 Å². The van der Waals surface area contributed by atoms with E-state index >= 15 is 0 Å². The summed E-state index contributed by atoms with van der Waals surface area (Å²) in [4.78, 5) is 2.12. The molecule has 4 heteroatoms. The fourth-order valence-electron chi connectivity index (χ4n) is 2.45. The summed E-state index contributed by atoms with van der Waals surface area (Å²) in [6, 6.07) is 2.05. The van der Waals surface area contributed by atoms with Crippen molar-refractivity contribution in [1.29, 1.82) is 0 Å². The third kappa shape index (κ3) is 3.34. The fraction of sp³-hybridized carbons (Fsp3) is 0.714. The van der Waals surface area contributed by atoms with Crippen molar-refractivity contribution in [2.45, 2.75) is 31.9 Å². The van der Waals surface area contributed by atoms with Crippen molar-refractivity contribution in [2.75, 3.05) is 33.9 Å². The van der Waals surface area contributed by atoms with Gasteiger partial charge in [-0.2, -0.15) is 0 Å². The lowest BCUT2D eigenvalue weighted by atomic mass is 9.95. The monoisotopic (exact) mass is 252 g/mol. The largest absolute Gasteiger partial charge is 0.388 e. The minimum absolute atomic E-state index is 0.260. The van der Waals surface area contributed by atoms with Crippen LogP contribution in [0.2, 0.25) is 0 Å². The molecule has 1 heterocycles. The highest BCUT2D eigenvalue weighted by molar-refractivity contribution is 5.27. The number of aliphatic hydroxyl groups is 1. The lowest BCUT2D eigenvalue weighted by Crippen LogP contribution is -2.19. The molecule has 0 spiro atoms. The highest BCUT2D eigenvalue weighted by Crippen LogP contribution is 2.30. The van der Waals surface area contributed by atoms with E-state index in [0.717, 1.165) is 51.1 Å². The van der Waals surface area contributed by atoms with Crippen molar-refractivity contribution in [3.8, 4) is 0 Å². The van der Waals surface area contributed by atoms with Gasteiger partial charge >= 0.3 is 0 Å². The minimum Gasteiger partial charge on any atom is -0.388 e. The van der Waals surface area contributed by atoms with E-state index in [1.165, 1.54) is 5.69 Å². The first-order chi connectivity index (χ1) is 8.68. The standard InChI is InChI=1S/C14H24N2O2/c1-15(2)8-10-18-11-9-16-7-6-12-13(16)4-3-5-14(12)17/h6-7,14,17H,3-5,8-11H2,1-2H3. The summed E-state index contributed by atoms with van der Waals surface area (Å²) >= 11 is 0. The predicted octanol–water partition coefficient (Wildman–Crippen LogP) is 1.44. The summed E-state index contributed by atoms with van der Waals surface area (Å²) in [6.07, 6.45) is 4.88. The van der Waals surface area contributed by atoms with Crippen LogP contribution in [0.3, 0.4) is 0 Å². The van der Waals surface area contributed by atoms with Crippen LogP contribution < -0.4 is 0 Å². The van der Waals surface area contributed by atoms with E-state index in [-0.39, 0.29) is 6.10 Å². The average molecular weight is 252 g/mol. The van der Waals surface area contributed by atoms with Crippen LogP contribution in [-0.4, -0.2) is 48.4 Å². The van der Waals surface area contributed by atoms with Crippen molar-refractivity contribution >= 4 is 0 Å². The van der Waals surface area contributed by atoms with E-state index in [1.54, 1.807) is 0 Å². The van der Waals surface area contributed by atoms with Crippen LogP contribution in [0.1, 0.15) is 30.2 Å². The Hall–Kier alpha value is -0.840. The molecule has 1 aromatic rings. The molecule has 1 aliphatic carbocycles. The first kappa shape index (κ1) is 13.6. The van der Waals surface area contributed by atoms with E-state index in [9.17, 15) is 5.11 Å². The Morgan fingerprint density at radius 1 is 1.44 bits per heavy atom. The number of aromatic nitrogens is 1. The van der Waals surface area contributed by atoms with Crippen LogP contribution in [0.4, 0.5) is 0 Å². The number of hydrogen-bond acceptors (Lipinski definition) is 3. The normalized spacial score (nSPS) is 19.2. The Morgan fingerprint density at radius 3 is 3.06 bits per heavy atom. The molecule has 18 heavy (non-hydrogen) atoms. The topological polar surface area (TPSA) is 37.6 Å². The van der Waals surface area contributed by atoms with E-state index in [4.69, 9.17) is 4.74 Å². The second-order valence-corrected chi connectivity index (χ2v) is 5.23. The highest BCUT2D eigenvalue weighted by Gasteiger charge is 2.20. The quantitative estimate of drug-likeness (QED) is 0.778. The molecule has 1 aromatic heterocycles. The highest BCUT2D eigenvalue weighted by atomic mass is 16.5. The first-order valence-corrected chi connectivity index (χ1v) is 6.77. The summed E-state index contributed by atoms with van der Waals surface area (Å²) in [7, 11) is 4.10. The molecule has 102 valence electrons. The molecule has 0 saturated carbocycles. The Morgan fingerprint density at radius 2 is 2.28 bits per heavy atom. The van der Waals surface area contributed by atoms with Crippen LogP contribution >= 0.6 is 0 Å². The van der Waals surface area contributed by atoms with Crippen LogP contribution in [0.25, 0.3) is 0 Å². The number of rotatable bonds is 6. The van der Waals surface area contributed by atoms with Crippen LogP contribution in [0.15, 0.2) is 12.3 Å². The zero-order valence-electron chi connectivity index (χ0n) is 11.4. The molecule has 0 amide bonds. The van der Waals surface area contributed by atoms with Crippen molar-refractivity contribution in [3.05, 3.63) is 23.5 Å². The molecule has 0 fully saturated rings. The third-order valence-electron chi connectivity index (χ3n) is 3.52. The average Bonchev–Trinajstić information content (AvgIpc) is 2.73. The zero-order valence-corrected chi connectivity index (χ0v) is 11.4. The van der Waals surface area contributed by atoms with Crippen LogP contribution in [0, 0.1) is 0 Å². The number of aliphatic hydroxyl groups excluding tert-OH is 1. The first-order valence-electron chi connectivity index (χ1n) is 6.77. The van der Waals surface area contributed by atoms with Gasteiger partial charge in [0.05, 0.1) is 19.3 Å². The molecule has 0 saturated heterocycles. The van der Waals surface area contributed by atoms with E-state index in [0.29, 0.717) is 0 Å². The smallest absolute Gasteiger partial charge is 0.0807 e. The molecule has 2 rings (SSSR count). The van der Waals surface area contributed by atoms with Gasteiger partial charge in [-0.25, -0.2) is 0 Å². The van der Waals surface area contributed by atoms with Crippen molar-refractivity contribution in [2.24, 2.45) is 0 Å². The molecular formula is C14H24N2O2. The number of likely N-dealkylation sites (N-methyl/N-ethyl adjacent to an activating group) is 1. The molecule has 1 N–H and O–H groups in total. The number of nitrogens with zero attached hydrogens (tertiary/aromatic N) is 2. The molecule has 0 radical (unpaired) electrons. The van der Waals surface area contributed by atoms with Gasteiger partial charge in [0.2, 0.25) is 0 Å². The molecule has 0 bridgehead atoms. The van der Waals surface area contributed by atoms with Gasteiger partial charge in [-0.3, -0.25) is 0 Å². The Balaban J connectivity index is 1.80. The van der Waals surface area contributed by atoms with Gasteiger partial charge in [-0.1, -0.05) is 0 Å². The SMILES string of the molecule is CN(C)CCOCCn1ccc2c1CCCC2O. The van der Waals surface area contributed by atoms with Crippen LogP contribution in [0.5, 0.6) is 0 Å². The van der Waals surface area contributed by atoms with E-state index < -0.39 is 0 Å². The third-order valence-corrected chi connectivity index (χ3v) is 3.52. The number of fused-ring (bicyclic) bond motifs is 1. The molecular weight excluding hydrogens is 228 g/mol. The lowest BCUT2D eigenvalue weighted by Gasteiger charge is -2.20. The summed E-state index contributed by atoms with van der Waals surface area (Å²) in [5, 5.41) is 9.90. The Kier molecular flexibility index (Phi) is 4.80. The van der Waals surface area contributed by atoms with Gasteiger partial charge in [0.1, 0.15) is 0 Å². The fourth-order valence-corrected chi connectivity index (χ4v) is 2.45. The Bertz CT molecular complexity index is 374. The zero-order chi connectivity index (χ0) is 13.0. The predicted molar refractivity (Wildman–Crippen MR) is 71.7 cm³/mol. The minimum atomic E-state index is -0.260. The van der Waals surface area contributed by atoms with E-state index in [1.807, 2.05) is 14.1 Å². The van der Waals surface area contributed by atoms with Gasteiger partial charge < -0.3 is 19.3 Å². The maximum absolute atomic E-state index is 9.90. The number of ether oxygens (including phenoxy) is 1. The second kappa shape index (κ2) is 6.36. The molecule has 1 unspecified atom stereocenters. The molecule has 0 aromatic carbocycles. The van der Waals surface area contributed by atoms with Gasteiger partial charge in [-0.15, -0.1) is 0 Å². The maximum Gasteiger partial charge on any atom is 0.0807 e. The summed E-state index contributed by atoms with van der Waals surface area (Å²) in [6.45, 7) is 3.36. The van der Waals surface area contributed by atoms with Crippen molar-refractivity contribution < 1.29 is 9.84 Å². The second-order valence-electron chi connectivity index (χ2n) is 5.23. The van der Waals surface area contributed by atoms with Crippen molar-refractivity contribution in [1.82, 2.24) is 9.47 Å². The van der Waals surface area contributed by atoms with Gasteiger partial charge in [-0.05, 0) is 39.4 Å². The number of hydrogen-bond donors (Lipinski definition) is 1. The molecule has 1 aliphatic rings. The summed E-state index contributed by atoms with van der Waals surface area (Å²) < 4.78 is 7.84. The van der Waals surface area contributed by atoms with Crippen LogP contribution in [-0.2, 0) is 17.7 Å². The summed E-state index contributed by atoms with van der Waals surface area (Å²) in [5.74, 6) is 0. The van der Waals surface area contributed by atoms with Crippen molar-refractivity contribution in [3.63, 3.8) is 0 Å². The molecule has 1 atom stereocenters. The Labute approximate surface area is 109 Å². The van der Waals surface area contributed by atoms with Gasteiger partial charge in [0.25, 0.3) is 0 Å². The van der Waals surface area contributed by atoms with E-state index in [2.05, 4.69) is 21.7 Å². The molecule has 0 aliphatic heterocycles. The maximum atomic E-state index is 9.90. The lowest BCUT2D eigenvalue weighted by molar-refractivity contribution is 0.109. The molecule has 4 nitrogen and oxygen atoms in total.